The summed E-state index contributed by atoms with van der Waals surface area (Å²) in [5.74, 6) is -1.91. The van der Waals surface area contributed by atoms with Gasteiger partial charge in [0, 0.05) is 30.0 Å². The van der Waals surface area contributed by atoms with Crippen molar-refractivity contribution in [1.29, 1.82) is 0 Å². The molecule has 176 valence electrons. The Morgan fingerprint density at radius 3 is 3.03 bits per heavy atom. The third kappa shape index (κ3) is 3.54. The van der Waals surface area contributed by atoms with E-state index in [1.54, 1.807) is 35.4 Å². The van der Waals surface area contributed by atoms with Crippen LogP contribution >= 0.6 is 11.3 Å². The van der Waals surface area contributed by atoms with Crippen LogP contribution in [0.25, 0.3) is 15.7 Å². The lowest BCUT2D eigenvalue weighted by Gasteiger charge is -2.26. The predicted molar refractivity (Wildman–Crippen MR) is 124 cm³/mol. The second kappa shape index (κ2) is 7.86. The molecule has 6 rings (SSSR count). The fourth-order valence-electron chi connectivity index (χ4n) is 4.93. The summed E-state index contributed by atoms with van der Waals surface area (Å²) in [6, 6.07) is 3.85. The number of anilines is 2. The Kier molecular flexibility index (Phi) is 4.91. The van der Waals surface area contributed by atoms with Gasteiger partial charge in [-0.25, -0.2) is 23.3 Å². The fraction of sp³-hybridized carbons (Fsp3) is 0.391. The molecule has 34 heavy (non-hydrogen) atoms. The summed E-state index contributed by atoms with van der Waals surface area (Å²) in [4.78, 5) is 25.1. The molecule has 0 saturated carbocycles. The van der Waals surface area contributed by atoms with Gasteiger partial charge in [0.2, 0.25) is 5.91 Å². The summed E-state index contributed by atoms with van der Waals surface area (Å²) in [6.07, 6.45) is 6.64. The normalized spacial score (nSPS) is 19.5. The van der Waals surface area contributed by atoms with Gasteiger partial charge in [0.05, 0.1) is 36.4 Å². The quantitative estimate of drug-likeness (QED) is 0.470. The van der Waals surface area contributed by atoms with Gasteiger partial charge in [-0.3, -0.25) is 4.79 Å². The number of halogens is 2. The van der Waals surface area contributed by atoms with Gasteiger partial charge in [-0.2, -0.15) is 5.10 Å². The molecular formula is C23H22F2N6O2S. The SMILES string of the molecule is COc1cn2nccc2cc1Nc1ncnc2sc3c(c12)CC[C@H](C(=O)N1CCC(F)(F)C1)C3. The maximum Gasteiger partial charge on any atom is 0.267 e. The summed E-state index contributed by atoms with van der Waals surface area (Å²) in [6.45, 7) is -0.338. The number of fused-ring (bicyclic) bond motifs is 4. The minimum atomic E-state index is -2.77. The number of rotatable bonds is 4. The molecule has 4 aromatic heterocycles. The Balaban J connectivity index is 1.31. The van der Waals surface area contributed by atoms with Crippen LogP contribution < -0.4 is 10.1 Å². The molecular weight excluding hydrogens is 462 g/mol. The molecule has 1 aliphatic carbocycles. The van der Waals surface area contributed by atoms with Crippen molar-refractivity contribution in [2.75, 3.05) is 25.5 Å². The summed E-state index contributed by atoms with van der Waals surface area (Å²) >= 11 is 1.55. The van der Waals surface area contributed by atoms with Crippen LogP contribution in [0, 0.1) is 5.92 Å². The Morgan fingerprint density at radius 2 is 2.24 bits per heavy atom. The standard InChI is InChI=1S/C23H22F2N6O2S/c1-33-17-10-31-14(4-6-28-31)9-16(17)29-20-19-15-3-2-13(8-18(15)34-21(19)27-12-26-20)22(32)30-7-5-23(24,25)11-30/h4,6,9-10,12-13H,2-3,5,7-8,11H2,1H3,(H,26,27,29)/t13-/m0/s1. The average Bonchev–Trinajstić information content (AvgIpc) is 3.53. The molecule has 1 fully saturated rings. The Labute approximate surface area is 197 Å². The number of hydrogen-bond donors (Lipinski definition) is 1. The number of methoxy groups -OCH3 is 1. The topological polar surface area (TPSA) is 84.6 Å². The molecule has 5 heterocycles. The molecule has 11 heteroatoms. The van der Waals surface area contributed by atoms with Gasteiger partial charge < -0.3 is 15.0 Å². The lowest BCUT2D eigenvalue weighted by molar-refractivity contribution is -0.136. The Hall–Kier alpha value is -3.34. The van der Waals surface area contributed by atoms with Crippen LogP contribution in [0.3, 0.4) is 0 Å². The Morgan fingerprint density at radius 1 is 1.35 bits per heavy atom. The molecule has 0 radical (unpaired) electrons. The zero-order valence-corrected chi connectivity index (χ0v) is 19.2. The zero-order valence-electron chi connectivity index (χ0n) is 18.4. The van der Waals surface area contributed by atoms with Crippen LogP contribution in [-0.2, 0) is 17.6 Å². The molecule has 0 bridgehead atoms. The van der Waals surface area contributed by atoms with E-state index in [0.717, 1.165) is 31.9 Å². The highest BCUT2D eigenvalue weighted by atomic mass is 32.1. The summed E-state index contributed by atoms with van der Waals surface area (Å²) in [5.41, 5.74) is 2.80. The third-order valence-electron chi connectivity index (χ3n) is 6.65. The number of carbonyl (C=O) groups is 1. The molecule has 2 aliphatic rings. The molecule has 4 aromatic rings. The molecule has 1 saturated heterocycles. The number of aromatic nitrogens is 4. The Bertz CT molecular complexity index is 1420. The van der Waals surface area contributed by atoms with Crippen molar-refractivity contribution in [3.05, 3.63) is 41.3 Å². The van der Waals surface area contributed by atoms with Crippen molar-refractivity contribution in [2.24, 2.45) is 5.92 Å². The molecule has 1 amide bonds. The second-order valence-corrected chi connectivity index (χ2v) is 9.88. The van der Waals surface area contributed by atoms with Crippen molar-refractivity contribution >= 4 is 44.5 Å². The smallest absolute Gasteiger partial charge is 0.267 e. The van der Waals surface area contributed by atoms with Gasteiger partial charge in [-0.15, -0.1) is 11.3 Å². The summed E-state index contributed by atoms with van der Waals surface area (Å²) in [5, 5.41) is 8.59. The summed E-state index contributed by atoms with van der Waals surface area (Å²) in [7, 11) is 1.60. The number of hydrogen-bond acceptors (Lipinski definition) is 7. The number of nitrogens with zero attached hydrogens (tertiary/aromatic N) is 5. The number of carbonyl (C=O) groups excluding carboxylic acids is 1. The first-order chi connectivity index (χ1) is 16.4. The lowest BCUT2D eigenvalue weighted by atomic mass is 9.87. The van der Waals surface area contributed by atoms with Gasteiger partial charge in [-0.1, -0.05) is 0 Å². The largest absolute Gasteiger partial charge is 0.493 e. The van der Waals surface area contributed by atoms with Crippen LogP contribution in [0.1, 0.15) is 23.3 Å². The number of aryl methyl sites for hydroxylation is 1. The number of alkyl halides is 2. The first-order valence-corrected chi connectivity index (χ1v) is 11.9. The molecule has 8 nitrogen and oxygen atoms in total. The van der Waals surface area contributed by atoms with Crippen molar-refractivity contribution < 1.29 is 18.3 Å². The average molecular weight is 485 g/mol. The van der Waals surface area contributed by atoms with E-state index in [1.165, 1.54) is 11.2 Å². The van der Waals surface area contributed by atoms with E-state index < -0.39 is 12.5 Å². The number of nitrogens with one attached hydrogen (secondary N) is 1. The van der Waals surface area contributed by atoms with E-state index in [9.17, 15) is 13.6 Å². The van der Waals surface area contributed by atoms with Crippen LogP contribution in [0.15, 0.2) is 30.9 Å². The lowest BCUT2D eigenvalue weighted by Crippen LogP contribution is -2.38. The van der Waals surface area contributed by atoms with Crippen molar-refractivity contribution in [3.8, 4) is 5.75 Å². The number of ether oxygens (including phenoxy) is 1. The molecule has 0 aromatic carbocycles. The molecule has 1 aliphatic heterocycles. The number of thiophene rings is 1. The van der Waals surface area contributed by atoms with E-state index in [1.807, 2.05) is 12.1 Å². The molecule has 0 spiro atoms. The predicted octanol–water partition coefficient (Wildman–Crippen LogP) is 4.06. The van der Waals surface area contributed by atoms with Crippen LogP contribution in [-0.4, -0.2) is 56.5 Å². The molecule has 1 N–H and O–H groups in total. The maximum atomic E-state index is 13.6. The van der Waals surface area contributed by atoms with Crippen LogP contribution in [0.2, 0.25) is 0 Å². The molecule has 0 unspecified atom stereocenters. The van der Waals surface area contributed by atoms with Crippen molar-refractivity contribution in [3.63, 3.8) is 0 Å². The minimum Gasteiger partial charge on any atom is -0.493 e. The third-order valence-corrected chi connectivity index (χ3v) is 7.81. The highest BCUT2D eigenvalue weighted by Crippen LogP contribution is 2.42. The van der Waals surface area contributed by atoms with Gasteiger partial charge in [0.15, 0.2) is 5.75 Å². The van der Waals surface area contributed by atoms with E-state index in [2.05, 4.69) is 20.4 Å². The number of likely N-dealkylation sites (tertiary alicyclic amines) is 1. The van der Waals surface area contributed by atoms with E-state index in [4.69, 9.17) is 4.74 Å². The fourth-order valence-corrected chi connectivity index (χ4v) is 6.20. The first-order valence-electron chi connectivity index (χ1n) is 11.1. The first kappa shape index (κ1) is 21.2. The molecule has 1 atom stereocenters. The van der Waals surface area contributed by atoms with Gasteiger partial charge in [0.25, 0.3) is 5.92 Å². The monoisotopic (exact) mass is 484 g/mol. The summed E-state index contributed by atoms with van der Waals surface area (Å²) < 4.78 is 34.5. The maximum absolute atomic E-state index is 13.6. The van der Waals surface area contributed by atoms with Crippen molar-refractivity contribution in [2.45, 2.75) is 31.6 Å². The highest BCUT2D eigenvalue weighted by molar-refractivity contribution is 7.19. The van der Waals surface area contributed by atoms with E-state index in [0.29, 0.717) is 30.8 Å². The number of amides is 1. The highest BCUT2D eigenvalue weighted by Gasteiger charge is 2.42. The van der Waals surface area contributed by atoms with Crippen LogP contribution in [0.5, 0.6) is 5.75 Å². The van der Waals surface area contributed by atoms with E-state index in [-0.39, 0.29) is 24.8 Å². The van der Waals surface area contributed by atoms with Gasteiger partial charge in [0.1, 0.15) is 17.0 Å². The van der Waals surface area contributed by atoms with Gasteiger partial charge >= 0.3 is 0 Å². The number of pyridine rings is 1. The second-order valence-electron chi connectivity index (χ2n) is 8.79. The van der Waals surface area contributed by atoms with Gasteiger partial charge in [-0.05, 0) is 37.0 Å². The minimum absolute atomic E-state index is 0.129. The van der Waals surface area contributed by atoms with E-state index >= 15 is 0 Å². The van der Waals surface area contributed by atoms with Crippen molar-refractivity contribution in [1.82, 2.24) is 24.5 Å². The van der Waals surface area contributed by atoms with Crippen LogP contribution in [0.4, 0.5) is 20.3 Å². The zero-order chi connectivity index (χ0) is 23.4.